The molecule has 1 aromatic rings. The van der Waals surface area contributed by atoms with Crippen LogP contribution in [0.3, 0.4) is 0 Å². The second-order valence-electron chi connectivity index (χ2n) is 5.64. The molecule has 1 amide bonds. The first-order valence-corrected chi connectivity index (χ1v) is 7.82. The van der Waals surface area contributed by atoms with Gasteiger partial charge in [0, 0.05) is 30.9 Å². The fraction of sp³-hybridized carbons (Fsp3) is 0.667. The third-order valence-electron chi connectivity index (χ3n) is 3.48. The van der Waals surface area contributed by atoms with Gasteiger partial charge in [-0.3, -0.25) is 4.79 Å². The molecule has 0 saturated heterocycles. The molecule has 0 aliphatic heterocycles. The molecule has 4 heteroatoms. The molecular formula is C15H26N2OS. The van der Waals surface area contributed by atoms with Gasteiger partial charge in [0.2, 0.25) is 5.91 Å². The zero-order valence-corrected chi connectivity index (χ0v) is 13.2. The number of hydrogen-bond acceptors (Lipinski definition) is 3. The molecule has 0 fully saturated rings. The summed E-state index contributed by atoms with van der Waals surface area (Å²) in [7, 11) is 1.89. The summed E-state index contributed by atoms with van der Waals surface area (Å²) < 4.78 is 0. The predicted octanol–water partition coefficient (Wildman–Crippen LogP) is 2.76. The van der Waals surface area contributed by atoms with Crippen molar-refractivity contribution in [2.75, 3.05) is 13.6 Å². The van der Waals surface area contributed by atoms with Gasteiger partial charge in [-0.25, -0.2) is 0 Å². The Balaban J connectivity index is 2.58. The second-order valence-corrected chi connectivity index (χ2v) is 6.68. The highest BCUT2D eigenvalue weighted by atomic mass is 32.1. The summed E-state index contributed by atoms with van der Waals surface area (Å²) in [5.41, 5.74) is 5.75. The third kappa shape index (κ3) is 4.96. The number of hydrogen-bond donors (Lipinski definition) is 1. The van der Waals surface area contributed by atoms with Gasteiger partial charge in [0.05, 0.1) is 5.92 Å². The Morgan fingerprint density at radius 2 is 2.11 bits per heavy atom. The van der Waals surface area contributed by atoms with Crippen molar-refractivity contribution in [2.24, 2.45) is 17.6 Å². The molecule has 1 rings (SSSR count). The average molecular weight is 282 g/mol. The number of likely N-dealkylation sites (N-methyl/N-ethyl adjacent to an activating group) is 1. The van der Waals surface area contributed by atoms with Crippen molar-refractivity contribution in [3.63, 3.8) is 0 Å². The van der Waals surface area contributed by atoms with E-state index in [9.17, 15) is 4.79 Å². The minimum atomic E-state index is -0.0456. The fourth-order valence-corrected chi connectivity index (χ4v) is 3.06. The van der Waals surface area contributed by atoms with Crippen molar-refractivity contribution in [1.82, 2.24) is 4.90 Å². The second kappa shape index (κ2) is 7.65. The highest BCUT2D eigenvalue weighted by Gasteiger charge is 2.24. The van der Waals surface area contributed by atoms with Gasteiger partial charge >= 0.3 is 0 Å². The van der Waals surface area contributed by atoms with Crippen LogP contribution in [0.5, 0.6) is 0 Å². The lowest BCUT2D eigenvalue weighted by atomic mass is 9.95. The quantitative estimate of drug-likeness (QED) is 0.836. The zero-order valence-electron chi connectivity index (χ0n) is 12.4. The maximum absolute atomic E-state index is 12.4. The van der Waals surface area contributed by atoms with E-state index in [0.29, 0.717) is 12.5 Å². The van der Waals surface area contributed by atoms with Gasteiger partial charge in [-0.2, -0.15) is 0 Å². The van der Waals surface area contributed by atoms with Gasteiger partial charge in [-0.1, -0.05) is 19.9 Å². The van der Waals surface area contributed by atoms with E-state index in [2.05, 4.69) is 38.3 Å². The van der Waals surface area contributed by atoms with Gasteiger partial charge in [-0.15, -0.1) is 11.3 Å². The van der Waals surface area contributed by atoms with Crippen molar-refractivity contribution in [3.05, 3.63) is 22.4 Å². The van der Waals surface area contributed by atoms with Crippen LogP contribution in [0.2, 0.25) is 0 Å². The van der Waals surface area contributed by atoms with E-state index in [1.54, 1.807) is 11.3 Å². The van der Waals surface area contributed by atoms with Crippen LogP contribution in [-0.2, 0) is 11.2 Å². The molecule has 0 aromatic carbocycles. The molecule has 0 saturated carbocycles. The minimum Gasteiger partial charge on any atom is -0.342 e. The molecule has 0 bridgehead atoms. The van der Waals surface area contributed by atoms with Gasteiger partial charge in [0.15, 0.2) is 0 Å². The Hall–Kier alpha value is -0.870. The Morgan fingerprint density at radius 1 is 1.42 bits per heavy atom. The SMILES string of the molecule is CC(C)CC(CN)C(=O)N(C)C(C)Cc1cccs1. The first kappa shape index (κ1) is 16.2. The average Bonchev–Trinajstić information content (AvgIpc) is 2.86. The van der Waals surface area contributed by atoms with Gasteiger partial charge in [-0.05, 0) is 30.7 Å². The molecule has 0 radical (unpaired) electrons. The number of nitrogens with zero attached hydrogens (tertiary/aromatic N) is 1. The Kier molecular flexibility index (Phi) is 6.52. The summed E-state index contributed by atoms with van der Waals surface area (Å²) in [6, 6.07) is 4.39. The number of amides is 1. The molecule has 2 atom stereocenters. The van der Waals surface area contributed by atoms with Crippen molar-refractivity contribution in [2.45, 2.75) is 39.7 Å². The summed E-state index contributed by atoms with van der Waals surface area (Å²) in [5.74, 6) is 0.634. The van der Waals surface area contributed by atoms with Crippen LogP contribution in [-0.4, -0.2) is 30.4 Å². The molecule has 108 valence electrons. The number of thiophene rings is 1. The molecule has 3 nitrogen and oxygen atoms in total. The van der Waals surface area contributed by atoms with E-state index < -0.39 is 0 Å². The Labute approximate surface area is 120 Å². The summed E-state index contributed by atoms with van der Waals surface area (Å²) in [6.45, 7) is 6.80. The Bertz CT molecular complexity index is 376. The first-order chi connectivity index (χ1) is 8.95. The van der Waals surface area contributed by atoms with E-state index in [1.807, 2.05) is 11.9 Å². The minimum absolute atomic E-state index is 0.0456. The van der Waals surface area contributed by atoms with E-state index in [0.717, 1.165) is 12.8 Å². The van der Waals surface area contributed by atoms with Crippen LogP contribution in [0, 0.1) is 11.8 Å². The molecule has 19 heavy (non-hydrogen) atoms. The zero-order chi connectivity index (χ0) is 14.4. The van der Waals surface area contributed by atoms with Crippen LogP contribution in [0.1, 0.15) is 32.1 Å². The molecule has 0 aliphatic carbocycles. The number of rotatable bonds is 7. The van der Waals surface area contributed by atoms with Gasteiger partial charge in [0.25, 0.3) is 0 Å². The molecule has 1 heterocycles. The first-order valence-electron chi connectivity index (χ1n) is 6.94. The third-order valence-corrected chi connectivity index (χ3v) is 4.37. The van der Waals surface area contributed by atoms with E-state index in [4.69, 9.17) is 5.73 Å². The smallest absolute Gasteiger partial charge is 0.226 e. The molecule has 1 aromatic heterocycles. The predicted molar refractivity (Wildman–Crippen MR) is 82.3 cm³/mol. The molecule has 2 unspecified atom stereocenters. The lowest BCUT2D eigenvalue weighted by molar-refractivity contribution is -0.136. The molecule has 0 spiro atoms. The van der Waals surface area contributed by atoms with Crippen molar-refractivity contribution in [1.29, 1.82) is 0 Å². The Morgan fingerprint density at radius 3 is 2.58 bits per heavy atom. The number of nitrogens with two attached hydrogens (primary N) is 1. The topological polar surface area (TPSA) is 46.3 Å². The standard InChI is InChI=1S/C15H26N2OS/c1-11(2)8-13(10-16)15(18)17(4)12(3)9-14-6-5-7-19-14/h5-7,11-13H,8-10,16H2,1-4H3. The molecular weight excluding hydrogens is 256 g/mol. The van der Waals surface area contributed by atoms with Crippen LogP contribution in [0.4, 0.5) is 0 Å². The van der Waals surface area contributed by atoms with Crippen LogP contribution >= 0.6 is 11.3 Å². The highest BCUT2D eigenvalue weighted by molar-refractivity contribution is 7.09. The van der Waals surface area contributed by atoms with Crippen LogP contribution in [0.15, 0.2) is 17.5 Å². The number of carbonyl (C=O) groups is 1. The largest absolute Gasteiger partial charge is 0.342 e. The number of carbonyl (C=O) groups excluding carboxylic acids is 1. The summed E-state index contributed by atoms with van der Waals surface area (Å²) in [5, 5.41) is 2.07. The fourth-order valence-electron chi connectivity index (χ4n) is 2.23. The lowest BCUT2D eigenvalue weighted by Gasteiger charge is -2.29. The monoisotopic (exact) mass is 282 g/mol. The van der Waals surface area contributed by atoms with Crippen LogP contribution in [0.25, 0.3) is 0 Å². The van der Waals surface area contributed by atoms with Crippen molar-refractivity contribution < 1.29 is 4.79 Å². The van der Waals surface area contributed by atoms with E-state index in [-0.39, 0.29) is 17.9 Å². The maximum Gasteiger partial charge on any atom is 0.226 e. The van der Waals surface area contributed by atoms with Crippen LogP contribution < -0.4 is 5.73 Å². The van der Waals surface area contributed by atoms with E-state index >= 15 is 0 Å². The maximum atomic E-state index is 12.4. The highest BCUT2D eigenvalue weighted by Crippen LogP contribution is 2.17. The van der Waals surface area contributed by atoms with E-state index in [1.165, 1.54) is 4.88 Å². The molecule has 2 N–H and O–H groups in total. The van der Waals surface area contributed by atoms with Gasteiger partial charge < -0.3 is 10.6 Å². The molecule has 0 aliphatic rings. The normalized spacial score (nSPS) is 14.4. The van der Waals surface area contributed by atoms with Crippen molar-refractivity contribution in [3.8, 4) is 0 Å². The summed E-state index contributed by atoms with van der Waals surface area (Å²) in [4.78, 5) is 15.6. The van der Waals surface area contributed by atoms with Gasteiger partial charge in [0.1, 0.15) is 0 Å². The lowest BCUT2D eigenvalue weighted by Crippen LogP contribution is -2.42. The summed E-state index contributed by atoms with van der Waals surface area (Å²) in [6.07, 6.45) is 1.78. The van der Waals surface area contributed by atoms with Crippen molar-refractivity contribution >= 4 is 17.2 Å². The summed E-state index contributed by atoms with van der Waals surface area (Å²) >= 11 is 1.74.